The second kappa shape index (κ2) is 4.91. The fraction of sp³-hybridized carbons (Fsp3) is 1.00. The summed E-state index contributed by atoms with van der Waals surface area (Å²) in [5.41, 5.74) is -1.42. The summed E-state index contributed by atoms with van der Waals surface area (Å²) in [5.74, 6) is 0. The van der Waals surface area contributed by atoms with Crippen LogP contribution < -0.4 is 0 Å². The minimum absolute atomic E-state index is 0.225. The first-order valence-corrected chi connectivity index (χ1v) is 15.9. The molecular weight excluding hydrogens is 319 g/mol. The predicted octanol–water partition coefficient (Wildman–Crippen LogP) is 5.86. The zero-order valence-corrected chi connectivity index (χ0v) is 16.7. The molecule has 0 rings (SSSR count). The third-order valence-corrected chi connectivity index (χ3v) is 33.6. The van der Waals surface area contributed by atoms with E-state index in [2.05, 4.69) is 62.3 Å². The number of hydrogen-bond acceptors (Lipinski definition) is 0. The maximum absolute atomic E-state index is 6.64. The summed E-state index contributed by atoms with van der Waals surface area (Å²) in [7, 11) is 13.3. The normalized spacial score (nSPS) is 15.2. The van der Waals surface area contributed by atoms with Crippen molar-refractivity contribution in [1.82, 2.24) is 0 Å². The van der Waals surface area contributed by atoms with Crippen LogP contribution in [0, 0.1) is 0 Å². The molecular formula is C12H27Cl2GeP. The fourth-order valence-corrected chi connectivity index (χ4v) is 44.6. The van der Waals surface area contributed by atoms with Gasteiger partial charge in [0.2, 0.25) is 0 Å². The van der Waals surface area contributed by atoms with Crippen LogP contribution in [0.3, 0.4) is 0 Å². The maximum atomic E-state index is 6.64. The van der Waals surface area contributed by atoms with Crippen molar-refractivity contribution in [1.29, 1.82) is 0 Å². The number of hydrogen-bond donors (Lipinski definition) is 0. The van der Waals surface area contributed by atoms with E-state index in [0.29, 0.717) is 0 Å². The quantitative estimate of drug-likeness (QED) is 0.381. The van der Waals surface area contributed by atoms with Gasteiger partial charge in [0.25, 0.3) is 0 Å². The molecule has 0 saturated heterocycles. The summed E-state index contributed by atoms with van der Waals surface area (Å²) >= 11 is -2.03. The Kier molecular flexibility index (Phi) is 5.39. The number of halogens is 2. The van der Waals surface area contributed by atoms with E-state index in [4.69, 9.17) is 20.0 Å². The van der Waals surface area contributed by atoms with Crippen molar-refractivity contribution in [2.45, 2.75) is 77.8 Å². The summed E-state index contributed by atoms with van der Waals surface area (Å²) in [6, 6.07) is 0. The van der Waals surface area contributed by atoms with E-state index < -0.39 is 17.0 Å². The van der Waals surface area contributed by atoms with Gasteiger partial charge >= 0.3 is 115 Å². The Morgan fingerprint density at radius 2 is 0.812 bits per heavy atom. The van der Waals surface area contributed by atoms with Crippen LogP contribution in [0.4, 0.5) is 0 Å². The fourth-order valence-electron chi connectivity index (χ4n) is 3.78. The molecule has 0 heterocycles. The molecule has 0 nitrogen and oxygen atoms in total. The Labute approximate surface area is 114 Å². The first-order chi connectivity index (χ1) is 6.69. The molecule has 0 aliphatic rings. The third kappa shape index (κ3) is 2.76. The van der Waals surface area contributed by atoms with Gasteiger partial charge in [-0.15, -0.1) is 0 Å². The van der Waals surface area contributed by atoms with Gasteiger partial charge in [-0.2, -0.15) is 0 Å². The molecule has 0 bridgehead atoms. The molecule has 16 heavy (non-hydrogen) atoms. The van der Waals surface area contributed by atoms with Crippen LogP contribution >= 0.6 is 25.4 Å². The molecule has 4 heteroatoms. The van der Waals surface area contributed by atoms with Gasteiger partial charge in [-0.05, 0) is 0 Å². The summed E-state index contributed by atoms with van der Waals surface area (Å²) in [5, 5.41) is 0.674. The molecule has 0 N–H and O–H groups in total. The van der Waals surface area contributed by atoms with Gasteiger partial charge in [0, 0.05) is 0 Å². The molecule has 0 aliphatic heterocycles. The van der Waals surface area contributed by atoms with E-state index >= 15 is 0 Å². The predicted molar refractivity (Wildman–Crippen MR) is 83.6 cm³/mol. The van der Waals surface area contributed by atoms with Crippen LogP contribution in [0.2, 0.25) is 0 Å². The van der Waals surface area contributed by atoms with Gasteiger partial charge < -0.3 is 0 Å². The van der Waals surface area contributed by atoms with Gasteiger partial charge in [-0.1, -0.05) is 0 Å². The Morgan fingerprint density at radius 1 is 0.625 bits per heavy atom. The van der Waals surface area contributed by atoms with Crippen molar-refractivity contribution in [2.75, 3.05) is 0 Å². The van der Waals surface area contributed by atoms with E-state index in [1.165, 1.54) is 0 Å². The molecule has 0 amide bonds. The third-order valence-electron chi connectivity index (χ3n) is 3.27. The number of rotatable bonds is 0. The topological polar surface area (TPSA) is 0 Å². The van der Waals surface area contributed by atoms with Crippen molar-refractivity contribution in [3.05, 3.63) is 0 Å². The van der Waals surface area contributed by atoms with E-state index in [1.807, 2.05) is 0 Å². The van der Waals surface area contributed by atoms with Crippen LogP contribution in [-0.2, 0) is 0 Å². The standard InChI is InChI=1S/C12H27Cl2GeP/c1-10(2,3)16(15(13)14,11(4,5)6)12(7,8)9/h1-9H3. The Morgan fingerprint density at radius 3 is 0.812 bits per heavy atom. The molecule has 0 saturated carbocycles. The van der Waals surface area contributed by atoms with Crippen molar-refractivity contribution < 1.29 is 0 Å². The molecule has 0 aromatic heterocycles. The van der Waals surface area contributed by atoms with Gasteiger partial charge in [0.15, 0.2) is 0 Å². The Bertz CT molecular complexity index is 267. The van der Waals surface area contributed by atoms with E-state index in [0.717, 1.165) is 0 Å². The van der Waals surface area contributed by atoms with Gasteiger partial charge in [0.05, 0.1) is 0 Å². The second-order valence-electron chi connectivity index (χ2n) is 7.42. The average molecular weight is 346 g/mol. The molecule has 0 aromatic carbocycles. The van der Waals surface area contributed by atoms with E-state index in [-0.39, 0.29) is 15.5 Å². The van der Waals surface area contributed by atoms with Crippen molar-refractivity contribution in [3.63, 3.8) is 0 Å². The van der Waals surface area contributed by atoms with Crippen LogP contribution in [0.1, 0.15) is 62.3 Å². The van der Waals surface area contributed by atoms with E-state index in [9.17, 15) is 0 Å². The first-order valence-electron chi connectivity index (χ1n) is 5.77. The molecule has 0 atom stereocenters. The molecule has 98 valence electrons. The summed E-state index contributed by atoms with van der Waals surface area (Å²) < 4.78 is 0. The second-order valence-corrected chi connectivity index (χ2v) is 28.0. The van der Waals surface area contributed by atoms with Crippen LogP contribution in [0.5, 0.6) is 0 Å². The molecule has 0 aliphatic carbocycles. The molecule has 0 radical (unpaired) electrons. The zero-order chi connectivity index (χ0) is 13.6. The summed E-state index contributed by atoms with van der Waals surface area (Å²) in [6.45, 7) is 21.0. The van der Waals surface area contributed by atoms with Crippen LogP contribution in [0.25, 0.3) is 0 Å². The monoisotopic (exact) mass is 346 g/mol. The van der Waals surface area contributed by atoms with E-state index in [1.54, 1.807) is 0 Å². The van der Waals surface area contributed by atoms with Crippen molar-refractivity contribution in [2.24, 2.45) is 0 Å². The van der Waals surface area contributed by atoms with Crippen LogP contribution in [0.15, 0.2) is 0 Å². The van der Waals surface area contributed by atoms with Gasteiger partial charge in [-0.3, -0.25) is 0 Å². The SMILES string of the molecule is CC(C)(C)[P](=[Ge]([Cl])[Cl])(C(C)(C)C)C(C)(C)C. The van der Waals surface area contributed by atoms with Gasteiger partial charge in [-0.25, -0.2) is 0 Å². The van der Waals surface area contributed by atoms with Crippen molar-refractivity contribution in [3.8, 4) is 0 Å². The summed E-state index contributed by atoms with van der Waals surface area (Å²) in [4.78, 5) is 0. The Balaban J connectivity index is 6.46. The first kappa shape index (κ1) is 17.6. The average Bonchev–Trinajstić information content (AvgIpc) is 1.71. The molecule has 0 spiro atoms. The Hall–Kier alpha value is 1.55. The van der Waals surface area contributed by atoms with Crippen molar-refractivity contribution >= 4 is 37.0 Å². The zero-order valence-electron chi connectivity index (χ0n) is 12.2. The minimum atomic E-state index is -2.03. The molecule has 0 aromatic rings. The van der Waals surface area contributed by atoms with Gasteiger partial charge in [0.1, 0.15) is 0 Å². The van der Waals surface area contributed by atoms with Crippen LogP contribution in [-0.4, -0.2) is 27.0 Å². The molecule has 0 fully saturated rings. The summed E-state index contributed by atoms with van der Waals surface area (Å²) in [6.07, 6.45) is 0. The molecule has 0 unspecified atom stereocenters.